The Kier molecular flexibility index (Phi) is 4.74. The molecule has 3 aromatic rings. The van der Waals surface area contributed by atoms with Crippen LogP contribution in [0.4, 0.5) is 11.1 Å². The van der Waals surface area contributed by atoms with Gasteiger partial charge in [0, 0.05) is 7.05 Å². The minimum Gasteiger partial charge on any atom is -0.462 e. The highest BCUT2D eigenvalue weighted by Gasteiger charge is 2.25. The average molecular weight is 399 g/mol. The van der Waals surface area contributed by atoms with E-state index in [1.54, 1.807) is 31.3 Å². The number of oxazole rings is 1. The minimum absolute atomic E-state index is 0.0571. The molecule has 0 aromatic carbocycles. The Bertz CT molecular complexity index is 1030. The van der Waals surface area contributed by atoms with Gasteiger partial charge in [-0.2, -0.15) is 5.10 Å². The number of nitrogens with zero attached hydrogens (tertiary/aromatic N) is 6. The summed E-state index contributed by atoms with van der Waals surface area (Å²) in [4.78, 5) is 29.8. The van der Waals surface area contributed by atoms with Gasteiger partial charge >= 0.3 is 5.97 Å². The van der Waals surface area contributed by atoms with Gasteiger partial charge in [-0.3, -0.25) is 10.3 Å². The van der Waals surface area contributed by atoms with Gasteiger partial charge in [-0.1, -0.05) is 11.3 Å². The SMILES string of the molecule is CCOC(=O)c1sc(Nc2nc(-c3cnco3)cc(C3C=NN3C)n2)nc1C. The van der Waals surface area contributed by atoms with Crippen molar-refractivity contribution in [3.63, 3.8) is 0 Å². The molecule has 0 radical (unpaired) electrons. The predicted octanol–water partition coefficient (Wildman–Crippen LogP) is 2.79. The molecule has 1 atom stereocenters. The summed E-state index contributed by atoms with van der Waals surface area (Å²) in [6.45, 7) is 3.82. The van der Waals surface area contributed by atoms with Crippen molar-refractivity contribution in [2.24, 2.45) is 5.10 Å². The molecule has 11 heteroatoms. The van der Waals surface area contributed by atoms with Crippen molar-refractivity contribution in [1.29, 1.82) is 0 Å². The van der Waals surface area contributed by atoms with Crippen molar-refractivity contribution < 1.29 is 13.9 Å². The largest absolute Gasteiger partial charge is 0.462 e. The smallest absolute Gasteiger partial charge is 0.350 e. The van der Waals surface area contributed by atoms with Crippen LogP contribution >= 0.6 is 11.3 Å². The molecule has 0 spiro atoms. The Morgan fingerprint density at radius 3 is 2.89 bits per heavy atom. The first-order valence-corrected chi connectivity index (χ1v) is 9.33. The second-order valence-corrected chi connectivity index (χ2v) is 6.93. The van der Waals surface area contributed by atoms with E-state index in [1.807, 2.05) is 13.1 Å². The number of carbonyl (C=O) groups excluding carboxylic acids is 1. The van der Waals surface area contributed by atoms with Crippen LogP contribution in [0.15, 0.2) is 28.2 Å². The highest BCUT2D eigenvalue weighted by molar-refractivity contribution is 7.17. The molecule has 0 saturated heterocycles. The number of aryl methyl sites for hydroxylation is 1. The maximum atomic E-state index is 12.0. The van der Waals surface area contributed by atoms with E-state index in [-0.39, 0.29) is 6.04 Å². The fraction of sp³-hybridized carbons (Fsp3) is 0.294. The van der Waals surface area contributed by atoms with Crippen LogP contribution in [0.5, 0.6) is 0 Å². The molecule has 0 fully saturated rings. The highest BCUT2D eigenvalue weighted by atomic mass is 32.1. The van der Waals surface area contributed by atoms with Gasteiger partial charge in [-0.05, 0) is 19.9 Å². The van der Waals surface area contributed by atoms with Crippen molar-refractivity contribution >= 4 is 34.6 Å². The molecule has 10 nitrogen and oxygen atoms in total. The number of hydrogen-bond acceptors (Lipinski definition) is 11. The number of carbonyl (C=O) groups is 1. The molecule has 0 aliphatic carbocycles. The van der Waals surface area contributed by atoms with Gasteiger partial charge in [-0.25, -0.2) is 24.7 Å². The molecule has 0 amide bonds. The Balaban J connectivity index is 1.67. The van der Waals surface area contributed by atoms with Gasteiger partial charge in [0.25, 0.3) is 0 Å². The van der Waals surface area contributed by atoms with E-state index in [0.717, 1.165) is 5.69 Å². The standard InChI is InChI=1S/C17H17N7O3S/c1-4-26-15(25)14-9(2)20-17(28-14)23-16-21-10(12-6-19-24(12)3)5-11(22-16)13-7-18-8-27-13/h5-8,12H,4H2,1-3H3,(H,20,21,22,23). The third-order valence-electron chi connectivity index (χ3n) is 4.00. The van der Waals surface area contributed by atoms with Crippen LogP contribution in [0.1, 0.15) is 34.0 Å². The van der Waals surface area contributed by atoms with E-state index in [4.69, 9.17) is 9.15 Å². The molecule has 4 heterocycles. The normalized spacial score (nSPS) is 15.4. The lowest BCUT2D eigenvalue weighted by Gasteiger charge is -2.29. The molecule has 1 N–H and O–H groups in total. The highest BCUT2D eigenvalue weighted by Crippen LogP contribution is 2.30. The first kappa shape index (κ1) is 18.0. The number of anilines is 2. The third kappa shape index (κ3) is 3.43. The van der Waals surface area contributed by atoms with Crippen molar-refractivity contribution in [3.8, 4) is 11.5 Å². The molecular weight excluding hydrogens is 382 g/mol. The van der Waals surface area contributed by atoms with E-state index >= 15 is 0 Å². The van der Waals surface area contributed by atoms with E-state index in [2.05, 4.69) is 30.4 Å². The fourth-order valence-corrected chi connectivity index (χ4v) is 3.46. The number of hydrazone groups is 1. The summed E-state index contributed by atoms with van der Waals surface area (Å²) in [6.07, 6.45) is 4.72. The van der Waals surface area contributed by atoms with Gasteiger partial charge in [0.1, 0.15) is 16.6 Å². The lowest BCUT2D eigenvalue weighted by molar-refractivity contribution is 0.0531. The molecule has 1 unspecified atom stereocenters. The number of esters is 1. The van der Waals surface area contributed by atoms with Crippen LogP contribution in [0.3, 0.4) is 0 Å². The number of nitrogens with one attached hydrogen (secondary N) is 1. The topological polar surface area (TPSA) is 119 Å². The summed E-state index contributed by atoms with van der Waals surface area (Å²) in [6, 6.07) is 1.77. The Labute approximate surface area is 164 Å². The number of thiazole rings is 1. The van der Waals surface area contributed by atoms with Gasteiger partial charge in [0.2, 0.25) is 5.95 Å². The Morgan fingerprint density at radius 1 is 1.39 bits per heavy atom. The van der Waals surface area contributed by atoms with Crippen molar-refractivity contribution in [2.45, 2.75) is 19.9 Å². The van der Waals surface area contributed by atoms with Crippen LogP contribution in [0.2, 0.25) is 0 Å². The van der Waals surface area contributed by atoms with Crippen LogP contribution in [-0.2, 0) is 4.74 Å². The molecule has 3 aromatic heterocycles. The summed E-state index contributed by atoms with van der Waals surface area (Å²) >= 11 is 1.19. The first-order chi connectivity index (χ1) is 13.5. The third-order valence-corrected chi connectivity index (χ3v) is 5.06. The Morgan fingerprint density at radius 2 is 2.25 bits per heavy atom. The van der Waals surface area contributed by atoms with Crippen molar-refractivity contribution in [1.82, 2.24) is 24.9 Å². The number of ether oxygens (including phenoxy) is 1. The van der Waals surface area contributed by atoms with Crippen molar-refractivity contribution in [3.05, 3.63) is 34.9 Å². The molecule has 0 saturated carbocycles. The van der Waals surface area contributed by atoms with E-state index < -0.39 is 5.97 Å². The fourth-order valence-electron chi connectivity index (χ4n) is 2.61. The van der Waals surface area contributed by atoms with Gasteiger partial charge in [0.15, 0.2) is 17.3 Å². The maximum Gasteiger partial charge on any atom is 0.350 e. The average Bonchev–Trinajstić information content (AvgIpc) is 3.30. The first-order valence-electron chi connectivity index (χ1n) is 8.51. The Hall–Kier alpha value is -3.34. The number of rotatable bonds is 6. The molecule has 28 heavy (non-hydrogen) atoms. The van der Waals surface area contributed by atoms with E-state index in [0.29, 0.717) is 39.7 Å². The lowest BCUT2D eigenvalue weighted by atomic mass is 10.1. The lowest BCUT2D eigenvalue weighted by Crippen LogP contribution is -2.30. The zero-order valence-corrected chi connectivity index (χ0v) is 16.2. The van der Waals surface area contributed by atoms with Gasteiger partial charge in [-0.15, -0.1) is 0 Å². The second kappa shape index (κ2) is 7.35. The summed E-state index contributed by atoms with van der Waals surface area (Å²) in [5.41, 5.74) is 1.92. The van der Waals surface area contributed by atoms with Gasteiger partial charge < -0.3 is 9.15 Å². The molecule has 1 aliphatic heterocycles. The molecular formula is C17H17N7O3S. The zero-order valence-electron chi connectivity index (χ0n) is 15.4. The minimum atomic E-state index is -0.394. The summed E-state index contributed by atoms with van der Waals surface area (Å²) in [7, 11) is 1.86. The van der Waals surface area contributed by atoms with Gasteiger partial charge in [0.05, 0.1) is 30.4 Å². The van der Waals surface area contributed by atoms with Crippen molar-refractivity contribution in [2.75, 3.05) is 19.0 Å². The summed E-state index contributed by atoms with van der Waals surface area (Å²) in [5, 5.41) is 9.48. The molecule has 144 valence electrons. The zero-order chi connectivity index (χ0) is 19.7. The molecule has 1 aliphatic rings. The van der Waals surface area contributed by atoms with E-state index in [1.165, 1.54) is 17.7 Å². The number of hydrogen-bond donors (Lipinski definition) is 1. The quantitative estimate of drug-likeness (QED) is 0.624. The van der Waals surface area contributed by atoms with Crippen LogP contribution in [-0.4, -0.2) is 50.8 Å². The number of aromatic nitrogens is 4. The maximum absolute atomic E-state index is 12.0. The summed E-state index contributed by atoms with van der Waals surface area (Å²) in [5.74, 6) is 0.463. The van der Waals surface area contributed by atoms with Crippen LogP contribution < -0.4 is 5.32 Å². The van der Waals surface area contributed by atoms with Crippen LogP contribution in [0.25, 0.3) is 11.5 Å². The molecule has 4 rings (SSSR count). The summed E-state index contributed by atoms with van der Waals surface area (Å²) < 4.78 is 10.4. The predicted molar refractivity (Wildman–Crippen MR) is 103 cm³/mol. The van der Waals surface area contributed by atoms with E-state index in [9.17, 15) is 4.79 Å². The monoisotopic (exact) mass is 399 g/mol. The van der Waals surface area contributed by atoms with Crippen LogP contribution in [0, 0.1) is 6.92 Å². The molecule has 0 bridgehead atoms. The second-order valence-electron chi connectivity index (χ2n) is 5.93.